The number of rotatable bonds is 3. The number of aliphatic carboxylic acids is 1. The topological polar surface area (TPSA) is 89.5 Å². The lowest BCUT2D eigenvalue weighted by atomic mass is 10.1. The monoisotopic (exact) mass is 284 g/mol. The Balaban J connectivity index is 2.17. The van der Waals surface area contributed by atoms with Gasteiger partial charge in [0.1, 0.15) is 11.8 Å². The molecule has 0 amide bonds. The molecular formula is C14H12N4O3. The second-order valence-electron chi connectivity index (χ2n) is 4.62. The Kier molecular flexibility index (Phi) is 3.02. The maximum Gasteiger partial charge on any atom is 0.328 e. The van der Waals surface area contributed by atoms with Crippen molar-refractivity contribution in [2.45, 2.75) is 13.0 Å². The second-order valence-corrected chi connectivity index (χ2v) is 4.62. The molecule has 0 spiro atoms. The molecule has 0 radical (unpaired) electrons. The van der Waals surface area contributed by atoms with Crippen molar-refractivity contribution in [3.05, 3.63) is 53.1 Å². The molecule has 0 fully saturated rings. The van der Waals surface area contributed by atoms with Crippen LogP contribution in [0.15, 0.2) is 47.5 Å². The summed E-state index contributed by atoms with van der Waals surface area (Å²) < 4.78 is 2.30. The van der Waals surface area contributed by atoms with Crippen molar-refractivity contribution in [1.82, 2.24) is 19.4 Å². The molecule has 1 aromatic carbocycles. The van der Waals surface area contributed by atoms with E-state index in [0.29, 0.717) is 5.69 Å². The zero-order valence-corrected chi connectivity index (χ0v) is 11.2. The van der Waals surface area contributed by atoms with Crippen molar-refractivity contribution >= 4 is 11.5 Å². The summed E-state index contributed by atoms with van der Waals surface area (Å²) in [6.07, 6.45) is 1.34. The molecule has 7 nitrogen and oxygen atoms in total. The summed E-state index contributed by atoms with van der Waals surface area (Å²) in [7, 11) is 0. The summed E-state index contributed by atoms with van der Waals surface area (Å²) in [5.41, 5.74) is 1.31. The Labute approximate surface area is 119 Å². The molecule has 0 aliphatic carbocycles. The van der Waals surface area contributed by atoms with Crippen molar-refractivity contribution in [1.29, 1.82) is 0 Å². The molecule has 0 saturated carbocycles. The van der Waals surface area contributed by atoms with Crippen LogP contribution in [0.5, 0.6) is 0 Å². The fourth-order valence-electron chi connectivity index (χ4n) is 2.05. The van der Waals surface area contributed by atoms with E-state index in [1.54, 1.807) is 6.07 Å². The van der Waals surface area contributed by atoms with Crippen molar-refractivity contribution in [3.8, 4) is 11.3 Å². The van der Waals surface area contributed by atoms with Gasteiger partial charge in [-0.05, 0) is 13.0 Å². The van der Waals surface area contributed by atoms with E-state index in [2.05, 4.69) is 10.2 Å². The lowest BCUT2D eigenvalue weighted by molar-refractivity contribution is -0.140. The van der Waals surface area contributed by atoms with E-state index in [1.807, 2.05) is 30.3 Å². The quantitative estimate of drug-likeness (QED) is 0.780. The first kappa shape index (κ1) is 13.0. The summed E-state index contributed by atoms with van der Waals surface area (Å²) in [4.78, 5) is 23.3. The third-order valence-electron chi connectivity index (χ3n) is 3.24. The molecule has 7 heteroatoms. The lowest BCUT2D eigenvalue weighted by Crippen LogP contribution is -2.31. The molecule has 0 aliphatic rings. The van der Waals surface area contributed by atoms with Crippen LogP contribution in [-0.4, -0.2) is 30.5 Å². The molecule has 21 heavy (non-hydrogen) atoms. The third-order valence-corrected chi connectivity index (χ3v) is 3.24. The number of nitrogens with zero attached hydrogens (tertiary/aromatic N) is 4. The first-order valence-corrected chi connectivity index (χ1v) is 6.33. The van der Waals surface area contributed by atoms with Gasteiger partial charge < -0.3 is 5.11 Å². The minimum absolute atomic E-state index is 0.289. The van der Waals surface area contributed by atoms with Crippen LogP contribution in [-0.2, 0) is 4.79 Å². The van der Waals surface area contributed by atoms with Gasteiger partial charge in [0.05, 0.1) is 5.69 Å². The standard InChI is InChI=1S/C14H12N4O3/c1-9(14(20)21)18-13(19)12-7-11(16-17(12)8-15-18)10-5-3-2-4-6-10/h2-9H,1H3,(H,20,21). The molecule has 0 aliphatic heterocycles. The maximum atomic E-state index is 12.3. The minimum atomic E-state index is -1.11. The number of hydrogen-bond donors (Lipinski definition) is 1. The molecule has 1 atom stereocenters. The molecule has 0 bridgehead atoms. The van der Waals surface area contributed by atoms with E-state index in [1.165, 1.54) is 17.8 Å². The third kappa shape index (κ3) is 2.18. The van der Waals surface area contributed by atoms with Gasteiger partial charge in [0.25, 0.3) is 5.56 Å². The summed E-state index contributed by atoms with van der Waals surface area (Å²) in [5.74, 6) is -1.11. The zero-order valence-electron chi connectivity index (χ0n) is 11.2. The molecule has 1 unspecified atom stereocenters. The van der Waals surface area contributed by atoms with Crippen LogP contribution in [0.2, 0.25) is 0 Å². The zero-order chi connectivity index (χ0) is 15.0. The Bertz CT molecular complexity index is 867. The first-order valence-electron chi connectivity index (χ1n) is 6.33. The SMILES string of the molecule is CC(C(=O)O)n1ncn2nc(-c3ccccc3)cc2c1=O. The van der Waals surface area contributed by atoms with Crippen LogP contribution < -0.4 is 5.56 Å². The smallest absolute Gasteiger partial charge is 0.328 e. The lowest BCUT2D eigenvalue weighted by Gasteiger charge is -2.08. The van der Waals surface area contributed by atoms with Gasteiger partial charge in [0, 0.05) is 5.56 Å². The Morgan fingerprint density at radius 3 is 2.67 bits per heavy atom. The van der Waals surface area contributed by atoms with Crippen LogP contribution in [0.25, 0.3) is 16.8 Å². The Morgan fingerprint density at radius 2 is 2.00 bits per heavy atom. The second kappa shape index (κ2) is 4.86. The summed E-state index contributed by atoms with van der Waals surface area (Å²) in [5, 5.41) is 17.1. The highest BCUT2D eigenvalue weighted by atomic mass is 16.4. The summed E-state index contributed by atoms with van der Waals surface area (Å²) in [6.45, 7) is 1.40. The van der Waals surface area contributed by atoms with Crippen molar-refractivity contribution < 1.29 is 9.90 Å². The first-order chi connectivity index (χ1) is 10.1. The highest BCUT2D eigenvalue weighted by molar-refractivity contribution is 5.71. The van der Waals surface area contributed by atoms with E-state index in [4.69, 9.17) is 5.11 Å². The predicted octanol–water partition coefficient (Wildman–Crippen LogP) is 1.20. The number of fused-ring (bicyclic) bond motifs is 1. The van der Waals surface area contributed by atoms with Gasteiger partial charge >= 0.3 is 5.97 Å². The average Bonchev–Trinajstić information content (AvgIpc) is 2.93. The largest absolute Gasteiger partial charge is 0.480 e. The molecule has 1 N–H and O–H groups in total. The number of hydrogen-bond acceptors (Lipinski definition) is 4. The van der Waals surface area contributed by atoms with Gasteiger partial charge in [-0.2, -0.15) is 10.2 Å². The molecule has 2 heterocycles. The molecule has 3 aromatic rings. The Morgan fingerprint density at radius 1 is 1.29 bits per heavy atom. The van der Waals surface area contributed by atoms with Gasteiger partial charge in [-0.3, -0.25) is 4.79 Å². The van der Waals surface area contributed by atoms with Gasteiger partial charge in [-0.25, -0.2) is 14.0 Å². The van der Waals surface area contributed by atoms with Crippen LogP contribution >= 0.6 is 0 Å². The number of benzene rings is 1. The molecule has 0 saturated heterocycles. The predicted molar refractivity (Wildman–Crippen MR) is 75.0 cm³/mol. The van der Waals surface area contributed by atoms with E-state index in [9.17, 15) is 9.59 Å². The van der Waals surface area contributed by atoms with Gasteiger partial charge in [0.15, 0.2) is 6.04 Å². The van der Waals surface area contributed by atoms with Crippen LogP contribution in [0.4, 0.5) is 0 Å². The molecule has 2 aromatic heterocycles. The van der Waals surface area contributed by atoms with Gasteiger partial charge in [-0.15, -0.1) is 0 Å². The van der Waals surface area contributed by atoms with Crippen LogP contribution in [0.1, 0.15) is 13.0 Å². The number of carboxylic acids is 1. The van der Waals surface area contributed by atoms with E-state index < -0.39 is 17.6 Å². The van der Waals surface area contributed by atoms with E-state index >= 15 is 0 Å². The summed E-state index contributed by atoms with van der Waals surface area (Å²) >= 11 is 0. The van der Waals surface area contributed by atoms with Crippen LogP contribution in [0, 0.1) is 0 Å². The van der Waals surface area contributed by atoms with Crippen molar-refractivity contribution in [2.24, 2.45) is 0 Å². The van der Waals surface area contributed by atoms with E-state index in [-0.39, 0.29) is 5.52 Å². The fourth-order valence-corrected chi connectivity index (χ4v) is 2.05. The van der Waals surface area contributed by atoms with Gasteiger partial charge in [0.2, 0.25) is 0 Å². The molecule has 106 valence electrons. The maximum absolute atomic E-state index is 12.3. The highest BCUT2D eigenvalue weighted by Gasteiger charge is 2.18. The van der Waals surface area contributed by atoms with Crippen molar-refractivity contribution in [3.63, 3.8) is 0 Å². The van der Waals surface area contributed by atoms with Gasteiger partial charge in [-0.1, -0.05) is 30.3 Å². The fraction of sp³-hybridized carbons (Fsp3) is 0.143. The summed E-state index contributed by atoms with van der Waals surface area (Å²) in [6, 6.07) is 10.0. The Hall–Kier alpha value is -2.96. The minimum Gasteiger partial charge on any atom is -0.480 e. The molecular weight excluding hydrogens is 272 g/mol. The van der Waals surface area contributed by atoms with E-state index in [0.717, 1.165) is 10.2 Å². The average molecular weight is 284 g/mol. The normalized spacial score (nSPS) is 12.4. The number of carboxylic acid groups (broad SMARTS) is 1. The highest BCUT2D eigenvalue weighted by Crippen LogP contribution is 2.17. The number of carbonyl (C=O) groups is 1. The number of aromatic nitrogens is 4. The van der Waals surface area contributed by atoms with Crippen molar-refractivity contribution in [2.75, 3.05) is 0 Å². The molecule has 3 rings (SSSR count). The van der Waals surface area contributed by atoms with Crippen LogP contribution in [0.3, 0.4) is 0 Å².